The Morgan fingerprint density at radius 3 is 2.40 bits per heavy atom. The molecule has 1 aromatic rings. The van der Waals surface area contributed by atoms with Gasteiger partial charge in [-0.25, -0.2) is 0 Å². The van der Waals surface area contributed by atoms with Gasteiger partial charge < -0.3 is 10.4 Å². The average molecular weight is 320 g/mol. The van der Waals surface area contributed by atoms with E-state index in [1.807, 2.05) is 0 Å². The van der Waals surface area contributed by atoms with Crippen molar-refractivity contribution in [3.63, 3.8) is 0 Å². The van der Waals surface area contributed by atoms with E-state index in [4.69, 9.17) is 11.6 Å². The summed E-state index contributed by atoms with van der Waals surface area (Å²) in [5.41, 5.74) is 2.37. The minimum Gasteiger partial charge on any atom is -0.390 e. The molecule has 5 nitrogen and oxygen atoms in total. The van der Waals surface area contributed by atoms with Crippen LogP contribution in [0.15, 0.2) is 17.0 Å². The number of rotatable bonds is 5. The second kappa shape index (κ2) is 6.30. The van der Waals surface area contributed by atoms with Crippen molar-refractivity contribution in [2.75, 3.05) is 17.7 Å². The molecule has 2 rings (SSSR count). The van der Waals surface area contributed by atoms with Crippen LogP contribution in [0.1, 0.15) is 24.0 Å². The number of aryl methyl sites for hydroxylation is 2. The summed E-state index contributed by atoms with van der Waals surface area (Å²) in [7, 11) is -4.30. The molecule has 20 heavy (non-hydrogen) atoms. The normalized spacial score (nSPS) is 16.6. The molecule has 0 radical (unpaired) electrons. The topological polar surface area (TPSA) is 86.6 Å². The molecule has 1 unspecified atom stereocenters. The lowest BCUT2D eigenvalue weighted by Crippen LogP contribution is -2.22. The Morgan fingerprint density at radius 2 is 1.85 bits per heavy atom. The van der Waals surface area contributed by atoms with Crippen LogP contribution in [0.5, 0.6) is 0 Å². The van der Waals surface area contributed by atoms with Crippen LogP contribution in [0.25, 0.3) is 0 Å². The molecular formula is C13H18ClNO4S. The Bertz CT molecular complexity index is 588. The van der Waals surface area contributed by atoms with Gasteiger partial charge in [0, 0.05) is 6.54 Å². The van der Waals surface area contributed by atoms with E-state index in [0.717, 1.165) is 36.8 Å². The zero-order chi connectivity index (χ0) is 14.8. The summed E-state index contributed by atoms with van der Waals surface area (Å²) in [5, 5.41) is 12.3. The zero-order valence-corrected chi connectivity index (χ0v) is 12.5. The Labute approximate surface area is 123 Å². The molecule has 0 saturated heterocycles. The van der Waals surface area contributed by atoms with Crippen LogP contribution in [0.3, 0.4) is 0 Å². The van der Waals surface area contributed by atoms with Gasteiger partial charge in [0.2, 0.25) is 0 Å². The highest BCUT2D eigenvalue weighted by atomic mass is 35.5. The molecule has 1 atom stereocenters. The Hall–Kier alpha value is -0.820. The number of fused-ring (bicyclic) bond motifs is 1. The van der Waals surface area contributed by atoms with Gasteiger partial charge in [0.25, 0.3) is 10.1 Å². The predicted octanol–water partition coefficient (Wildman–Crippen LogP) is 1.82. The minimum absolute atomic E-state index is 0.0547. The molecular weight excluding hydrogens is 302 g/mol. The third-order valence-electron chi connectivity index (χ3n) is 3.43. The maximum Gasteiger partial charge on any atom is 0.296 e. The molecule has 0 aromatic heterocycles. The molecule has 3 N–H and O–H groups in total. The van der Waals surface area contributed by atoms with Crippen LogP contribution < -0.4 is 5.32 Å². The lowest BCUT2D eigenvalue weighted by Gasteiger charge is -2.20. The van der Waals surface area contributed by atoms with E-state index in [1.165, 1.54) is 6.07 Å². The monoisotopic (exact) mass is 319 g/mol. The van der Waals surface area contributed by atoms with Gasteiger partial charge in [-0.2, -0.15) is 8.42 Å². The van der Waals surface area contributed by atoms with Gasteiger partial charge in [0.1, 0.15) is 4.90 Å². The molecule has 1 aliphatic rings. The van der Waals surface area contributed by atoms with Crippen molar-refractivity contribution in [1.29, 1.82) is 0 Å². The van der Waals surface area contributed by atoms with E-state index >= 15 is 0 Å². The SMILES string of the molecule is O=S(=O)(O)c1cc2c(cc1NCC(O)CCl)CCCC2. The zero-order valence-electron chi connectivity index (χ0n) is 11.0. The van der Waals surface area contributed by atoms with Crippen molar-refractivity contribution >= 4 is 27.4 Å². The maximum atomic E-state index is 11.5. The van der Waals surface area contributed by atoms with Crippen molar-refractivity contribution in [3.05, 3.63) is 23.3 Å². The highest BCUT2D eigenvalue weighted by Gasteiger charge is 2.20. The Balaban J connectivity index is 2.37. The molecule has 1 aliphatic carbocycles. The molecule has 0 spiro atoms. The fourth-order valence-electron chi connectivity index (χ4n) is 2.40. The average Bonchev–Trinajstić information content (AvgIpc) is 2.42. The van der Waals surface area contributed by atoms with Crippen LogP contribution in [0.2, 0.25) is 0 Å². The summed E-state index contributed by atoms with van der Waals surface area (Å²) in [4.78, 5) is -0.139. The lowest BCUT2D eigenvalue weighted by molar-refractivity contribution is 0.211. The van der Waals surface area contributed by atoms with E-state index in [1.54, 1.807) is 6.07 Å². The number of aliphatic hydroxyl groups is 1. The van der Waals surface area contributed by atoms with Gasteiger partial charge in [-0.05, 0) is 48.9 Å². The molecule has 0 bridgehead atoms. The van der Waals surface area contributed by atoms with Gasteiger partial charge in [-0.3, -0.25) is 4.55 Å². The van der Waals surface area contributed by atoms with E-state index in [0.29, 0.717) is 5.69 Å². The Kier molecular flexibility index (Phi) is 4.90. The third-order valence-corrected chi connectivity index (χ3v) is 4.68. The van der Waals surface area contributed by atoms with Crippen molar-refractivity contribution in [1.82, 2.24) is 0 Å². The fourth-order valence-corrected chi connectivity index (χ4v) is 3.21. The summed E-state index contributed by atoms with van der Waals surface area (Å²) in [6.45, 7) is 0.130. The van der Waals surface area contributed by atoms with Crippen LogP contribution in [-0.2, 0) is 23.0 Å². The summed E-state index contributed by atoms with van der Waals surface area (Å²) in [5.74, 6) is 0.0547. The highest BCUT2D eigenvalue weighted by molar-refractivity contribution is 7.86. The van der Waals surface area contributed by atoms with E-state index < -0.39 is 16.2 Å². The summed E-state index contributed by atoms with van der Waals surface area (Å²) in [6, 6.07) is 3.28. The predicted molar refractivity (Wildman–Crippen MR) is 78.1 cm³/mol. The minimum atomic E-state index is -4.30. The van der Waals surface area contributed by atoms with E-state index in [-0.39, 0.29) is 17.3 Å². The number of hydrogen-bond acceptors (Lipinski definition) is 4. The molecule has 0 saturated carbocycles. The van der Waals surface area contributed by atoms with E-state index in [2.05, 4.69) is 5.32 Å². The number of aliphatic hydroxyl groups excluding tert-OH is 1. The summed E-state index contributed by atoms with van der Waals surface area (Å²) < 4.78 is 32.3. The largest absolute Gasteiger partial charge is 0.390 e. The summed E-state index contributed by atoms with van der Waals surface area (Å²) in [6.07, 6.45) is 3.04. The maximum absolute atomic E-state index is 11.5. The van der Waals surface area contributed by atoms with Crippen molar-refractivity contribution in [3.8, 4) is 0 Å². The first-order valence-electron chi connectivity index (χ1n) is 6.53. The van der Waals surface area contributed by atoms with Gasteiger partial charge >= 0.3 is 0 Å². The van der Waals surface area contributed by atoms with Gasteiger partial charge in [0.15, 0.2) is 0 Å². The Morgan fingerprint density at radius 1 is 1.25 bits per heavy atom. The first kappa shape index (κ1) is 15.6. The third kappa shape index (κ3) is 3.63. The van der Waals surface area contributed by atoms with Crippen molar-refractivity contribution in [2.24, 2.45) is 0 Å². The quantitative estimate of drug-likeness (QED) is 0.569. The number of hydrogen-bond donors (Lipinski definition) is 3. The van der Waals surface area contributed by atoms with Gasteiger partial charge in [-0.15, -0.1) is 11.6 Å². The molecule has 7 heteroatoms. The van der Waals surface area contributed by atoms with Gasteiger partial charge in [0.05, 0.1) is 17.7 Å². The highest BCUT2D eigenvalue weighted by Crippen LogP contribution is 2.30. The number of alkyl halides is 1. The first-order chi connectivity index (χ1) is 9.41. The first-order valence-corrected chi connectivity index (χ1v) is 8.50. The standard InChI is InChI=1S/C13H18ClNO4S/c14-7-11(16)8-15-12-5-9-3-1-2-4-10(9)6-13(12)20(17,18)19/h5-6,11,15-16H,1-4,7-8H2,(H,17,18,19). The van der Waals surface area contributed by atoms with Crippen LogP contribution in [0, 0.1) is 0 Å². The number of anilines is 1. The van der Waals surface area contributed by atoms with Crippen LogP contribution in [-0.4, -0.2) is 36.6 Å². The molecule has 0 amide bonds. The second-order valence-corrected chi connectivity index (χ2v) is 6.69. The number of nitrogens with one attached hydrogen (secondary N) is 1. The van der Waals surface area contributed by atoms with Crippen LogP contribution >= 0.6 is 11.6 Å². The molecule has 0 aliphatic heterocycles. The van der Waals surface area contributed by atoms with Gasteiger partial charge in [-0.1, -0.05) is 0 Å². The second-order valence-electron chi connectivity index (χ2n) is 4.99. The lowest BCUT2D eigenvalue weighted by atomic mass is 9.91. The number of halogens is 1. The summed E-state index contributed by atoms with van der Waals surface area (Å²) >= 11 is 5.51. The van der Waals surface area contributed by atoms with E-state index in [9.17, 15) is 18.1 Å². The van der Waals surface area contributed by atoms with Crippen LogP contribution in [0.4, 0.5) is 5.69 Å². The molecule has 112 valence electrons. The fraction of sp³-hybridized carbons (Fsp3) is 0.538. The molecule has 0 fully saturated rings. The number of benzene rings is 1. The van der Waals surface area contributed by atoms with Crippen molar-refractivity contribution in [2.45, 2.75) is 36.7 Å². The van der Waals surface area contributed by atoms with Crippen molar-refractivity contribution < 1.29 is 18.1 Å². The molecule has 0 heterocycles. The smallest absolute Gasteiger partial charge is 0.296 e. The molecule has 1 aromatic carbocycles.